The molecule has 1 aliphatic carbocycles. The number of hydrogen-bond donors (Lipinski definition) is 3. The second kappa shape index (κ2) is 6.33. The van der Waals surface area contributed by atoms with E-state index < -0.39 is 0 Å². The zero-order chi connectivity index (χ0) is 15.5. The molecule has 4 N–H and O–H groups in total. The van der Waals surface area contributed by atoms with E-state index in [-0.39, 0.29) is 17.0 Å². The van der Waals surface area contributed by atoms with Gasteiger partial charge in [0.1, 0.15) is 15.9 Å². The van der Waals surface area contributed by atoms with Gasteiger partial charge >= 0.3 is 0 Å². The molecule has 0 bridgehead atoms. The number of ether oxygens (including phenoxy) is 1. The smallest absolute Gasteiger partial charge is 0.256 e. The number of nitrogens with zero attached hydrogens (tertiary/aromatic N) is 1. The van der Waals surface area contributed by atoms with E-state index >= 15 is 0 Å². The number of nitrogens with two attached hydrogens (primary N) is 1. The summed E-state index contributed by atoms with van der Waals surface area (Å²) in [5.41, 5.74) is 6.78. The number of thiophene rings is 1. The van der Waals surface area contributed by atoms with Crippen molar-refractivity contribution in [3.8, 4) is 6.07 Å². The van der Waals surface area contributed by atoms with Gasteiger partial charge in [-0.1, -0.05) is 0 Å². The van der Waals surface area contributed by atoms with E-state index in [4.69, 9.17) is 15.7 Å². The maximum Gasteiger partial charge on any atom is 0.256 e. The minimum atomic E-state index is -0.269. The summed E-state index contributed by atoms with van der Waals surface area (Å²) in [4.78, 5) is 12.3. The lowest BCUT2D eigenvalue weighted by Crippen LogP contribution is -2.22. The molecule has 1 heterocycles. The van der Waals surface area contributed by atoms with Crippen LogP contribution in [-0.4, -0.2) is 33.2 Å². The average molecular weight is 308 g/mol. The predicted molar refractivity (Wildman–Crippen MR) is 83.5 cm³/mol. The van der Waals surface area contributed by atoms with Gasteiger partial charge < -0.3 is 21.1 Å². The van der Waals surface area contributed by atoms with Gasteiger partial charge in [0, 0.05) is 27.3 Å². The number of methoxy groups -OCH3 is 1. The van der Waals surface area contributed by atoms with Crippen LogP contribution in [0.5, 0.6) is 0 Å². The number of anilines is 2. The first-order valence-electron chi connectivity index (χ1n) is 6.84. The van der Waals surface area contributed by atoms with Crippen molar-refractivity contribution in [1.82, 2.24) is 5.32 Å². The van der Waals surface area contributed by atoms with Crippen molar-refractivity contribution in [3.05, 3.63) is 10.4 Å². The monoisotopic (exact) mass is 308 g/mol. The Balaban J connectivity index is 2.13. The highest BCUT2D eigenvalue weighted by Crippen LogP contribution is 2.49. The summed E-state index contributed by atoms with van der Waals surface area (Å²) in [5, 5.41) is 15.6. The van der Waals surface area contributed by atoms with Crippen LogP contribution < -0.4 is 16.4 Å². The minimum Gasteiger partial charge on any atom is -0.396 e. The molecule has 21 heavy (non-hydrogen) atoms. The van der Waals surface area contributed by atoms with E-state index in [0.717, 1.165) is 32.4 Å². The standard InChI is InChI=1S/C14H20N4O2S/c1-17-12(19)10-11(16)9(7-15)21-13(10)18-8-14(3-4-14)5-6-20-2/h18H,3-6,8,16H2,1-2H3,(H,17,19). The van der Waals surface area contributed by atoms with Gasteiger partial charge in [0.15, 0.2) is 0 Å². The molecule has 0 atom stereocenters. The molecule has 1 aromatic rings. The summed E-state index contributed by atoms with van der Waals surface area (Å²) in [6.07, 6.45) is 3.31. The van der Waals surface area contributed by atoms with Crippen molar-refractivity contribution in [2.75, 3.05) is 38.4 Å². The number of carbonyl (C=O) groups is 1. The lowest BCUT2D eigenvalue weighted by atomic mass is 10.0. The summed E-state index contributed by atoms with van der Waals surface area (Å²) in [6, 6.07) is 2.04. The van der Waals surface area contributed by atoms with Gasteiger partial charge in [-0.25, -0.2) is 0 Å². The maximum atomic E-state index is 11.9. The van der Waals surface area contributed by atoms with Crippen molar-refractivity contribution in [2.24, 2.45) is 5.41 Å². The lowest BCUT2D eigenvalue weighted by Gasteiger charge is -2.16. The fourth-order valence-corrected chi connectivity index (χ4v) is 3.19. The Bertz CT molecular complexity index is 572. The Kier molecular flexibility index (Phi) is 4.70. The molecule has 1 amide bonds. The fraction of sp³-hybridized carbons (Fsp3) is 0.571. The Labute approximate surface area is 128 Å². The number of carbonyl (C=O) groups excluding carboxylic acids is 1. The van der Waals surface area contributed by atoms with E-state index in [1.54, 1.807) is 14.2 Å². The van der Waals surface area contributed by atoms with Gasteiger partial charge in [-0.15, -0.1) is 11.3 Å². The summed E-state index contributed by atoms with van der Waals surface area (Å²) < 4.78 is 5.14. The molecule has 0 spiro atoms. The van der Waals surface area contributed by atoms with Gasteiger partial charge in [-0.2, -0.15) is 5.26 Å². The number of amides is 1. The Morgan fingerprint density at radius 2 is 2.29 bits per heavy atom. The molecule has 1 aliphatic rings. The summed E-state index contributed by atoms with van der Waals surface area (Å²) in [5.74, 6) is -0.269. The van der Waals surface area contributed by atoms with E-state index in [1.165, 1.54) is 11.3 Å². The van der Waals surface area contributed by atoms with Crippen LogP contribution in [0, 0.1) is 16.7 Å². The van der Waals surface area contributed by atoms with Crippen LogP contribution >= 0.6 is 11.3 Å². The second-order valence-electron chi connectivity index (χ2n) is 5.34. The molecule has 1 saturated carbocycles. The molecular weight excluding hydrogens is 288 g/mol. The lowest BCUT2D eigenvalue weighted by molar-refractivity contribution is 0.0965. The molecule has 0 radical (unpaired) electrons. The number of nitrogens with one attached hydrogen (secondary N) is 2. The molecular formula is C14H20N4O2S. The molecule has 6 nitrogen and oxygen atoms in total. The van der Waals surface area contributed by atoms with E-state index in [1.807, 2.05) is 6.07 Å². The van der Waals surface area contributed by atoms with Crippen LogP contribution in [-0.2, 0) is 4.74 Å². The summed E-state index contributed by atoms with van der Waals surface area (Å²) in [7, 11) is 3.25. The Morgan fingerprint density at radius 3 is 2.81 bits per heavy atom. The highest BCUT2D eigenvalue weighted by molar-refractivity contribution is 7.17. The second-order valence-corrected chi connectivity index (χ2v) is 6.36. The highest BCUT2D eigenvalue weighted by Gasteiger charge is 2.42. The van der Waals surface area contributed by atoms with Gasteiger partial charge in [0.2, 0.25) is 0 Å². The van der Waals surface area contributed by atoms with Crippen LogP contribution in [0.15, 0.2) is 0 Å². The maximum absolute atomic E-state index is 11.9. The first-order valence-corrected chi connectivity index (χ1v) is 7.66. The minimum absolute atomic E-state index is 0.252. The highest BCUT2D eigenvalue weighted by atomic mass is 32.1. The third kappa shape index (κ3) is 3.28. The quantitative estimate of drug-likeness (QED) is 0.713. The van der Waals surface area contributed by atoms with Crippen LogP contribution in [0.2, 0.25) is 0 Å². The summed E-state index contributed by atoms with van der Waals surface area (Å²) in [6.45, 7) is 1.51. The van der Waals surface area contributed by atoms with Crippen LogP contribution in [0.25, 0.3) is 0 Å². The van der Waals surface area contributed by atoms with Crippen LogP contribution in [0.4, 0.5) is 10.7 Å². The summed E-state index contributed by atoms with van der Waals surface area (Å²) >= 11 is 1.23. The van der Waals surface area contributed by atoms with E-state index in [0.29, 0.717) is 15.4 Å². The molecule has 0 aliphatic heterocycles. The van der Waals surface area contributed by atoms with Gasteiger partial charge in [0.05, 0.1) is 11.3 Å². The van der Waals surface area contributed by atoms with Crippen molar-refractivity contribution < 1.29 is 9.53 Å². The molecule has 0 unspecified atom stereocenters. The Morgan fingerprint density at radius 1 is 1.57 bits per heavy atom. The third-order valence-electron chi connectivity index (χ3n) is 3.92. The predicted octanol–water partition coefficient (Wildman–Crippen LogP) is 1.79. The van der Waals surface area contributed by atoms with Crippen molar-refractivity contribution in [1.29, 1.82) is 5.26 Å². The molecule has 0 saturated heterocycles. The van der Waals surface area contributed by atoms with Crippen LogP contribution in [0.3, 0.4) is 0 Å². The third-order valence-corrected chi connectivity index (χ3v) is 4.99. The number of nitriles is 1. The van der Waals surface area contributed by atoms with Gasteiger partial charge in [-0.05, 0) is 24.7 Å². The number of rotatable bonds is 7. The van der Waals surface area contributed by atoms with Crippen LogP contribution in [0.1, 0.15) is 34.5 Å². The molecule has 1 fully saturated rings. The van der Waals surface area contributed by atoms with E-state index in [9.17, 15) is 4.79 Å². The van der Waals surface area contributed by atoms with Gasteiger partial charge in [0.25, 0.3) is 5.91 Å². The van der Waals surface area contributed by atoms with Gasteiger partial charge in [-0.3, -0.25) is 4.79 Å². The average Bonchev–Trinajstić information content (AvgIpc) is 3.20. The SMILES string of the molecule is CNC(=O)c1c(NCC2(CCOC)CC2)sc(C#N)c1N. The largest absolute Gasteiger partial charge is 0.396 e. The van der Waals surface area contributed by atoms with E-state index in [2.05, 4.69) is 10.6 Å². The molecule has 2 rings (SSSR count). The zero-order valence-corrected chi connectivity index (χ0v) is 13.1. The first-order chi connectivity index (χ1) is 10.1. The zero-order valence-electron chi connectivity index (χ0n) is 12.3. The normalized spacial score (nSPS) is 15.3. The topological polar surface area (TPSA) is 100 Å². The van der Waals surface area contributed by atoms with Crippen molar-refractivity contribution >= 4 is 27.9 Å². The Hall–Kier alpha value is -1.78. The van der Waals surface area contributed by atoms with Crippen molar-refractivity contribution in [3.63, 3.8) is 0 Å². The number of hydrogen-bond acceptors (Lipinski definition) is 6. The van der Waals surface area contributed by atoms with Crippen molar-refractivity contribution in [2.45, 2.75) is 19.3 Å². The number of nitrogen functional groups attached to an aromatic ring is 1. The first kappa shape index (κ1) is 15.6. The molecule has 1 aromatic heterocycles. The molecule has 114 valence electrons. The molecule has 7 heteroatoms. The fourth-order valence-electron chi connectivity index (χ4n) is 2.28. The molecule has 0 aromatic carbocycles.